The van der Waals surface area contributed by atoms with Gasteiger partial charge in [0.2, 0.25) is 5.91 Å². The average Bonchev–Trinajstić information content (AvgIpc) is 3.01. The molecule has 27 heavy (non-hydrogen) atoms. The molecule has 2 amide bonds. The molecule has 7 nitrogen and oxygen atoms in total. The number of likely N-dealkylation sites (tertiary alicyclic amines) is 1. The largest absolute Gasteiger partial charge is 0.481 e. The van der Waals surface area contributed by atoms with Crippen molar-refractivity contribution in [3.63, 3.8) is 0 Å². The lowest BCUT2D eigenvalue weighted by molar-refractivity contribution is -0.151. The van der Waals surface area contributed by atoms with E-state index in [2.05, 4.69) is 5.32 Å². The van der Waals surface area contributed by atoms with Crippen molar-refractivity contribution in [2.75, 3.05) is 32.1 Å². The van der Waals surface area contributed by atoms with Crippen molar-refractivity contribution >= 4 is 23.5 Å². The van der Waals surface area contributed by atoms with E-state index >= 15 is 0 Å². The number of ether oxygens (including phenoxy) is 1. The van der Waals surface area contributed by atoms with Gasteiger partial charge in [-0.1, -0.05) is 13.8 Å². The Morgan fingerprint density at radius 2 is 2.04 bits per heavy atom. The number of carbonyl (C=O) groups is 3. The zero-order valence-electron chi connectivity index (χ0n) is 16.4. The zero-order valence-corrected chi connectivity index (χ0v) is 16.4. The number of carboxylic acid groups (broad SMARTS) is 1. The van der Waals surface area contributed by atoms with Crippen LogP contribution >= 0.6 is 0 Å². The van der Waals surface area contributed by atoms with Crippen molar-refractivity contribution < 1.29 is 24.2 Å². The summed E-state index contributed by atoms with van der Waals surface area (Å²) in [5, 5.41) is 12.4. The Morgan fingerprint density at radius 3 is 2.59 bits per heavy atom. The molecule has 1 aliphatic heterocycles. The Morgan fingerprint density at radius 1 is 1.33 bits per heavy atom. The van der Waals surface area contributed by atoms with Crippen LogP contribution < -0.4 is 5.32 Å². The Kier molecular flexibility index (Phi) is 6.59. The highest BCUT2D eigenvalue weighted by atomic mass is 16.5. The minimum absolute atomic E-state index is 0.0578. The molecule has 2 N–H and O–H groups in total. The highest BCUT2D eigenvalue weighted by molar-refractivity contribution is 5.97. The minimum Gasteiger partial charge on any atom is -0.481 e. The van der Waals surface area contributed by atoms with Crippen LogP contribution in [0.2, 0.25) is 0 Å². The maximum absolute atomic E-state index is 12.8. The number of amides is 2. The molecule has 0 saturated carbocycles. The summed E-state index contributed by atoms with van der Waals surface area (Å²) >= 11 is 0. The van der Waals surface area contributed by atoms with E-state index in [0.29, 0.717) is 30.6 Å². The smallest absolute Gasteiger partial charge is 0.313 e. The summed E-state index contributed by atoms with van der Waals surface area (Å²) in [5.41, 5.74) is 0.897. The van der Waals surface area contributed by atoms with Crippen LogP contribution in [0.5, 0.6) is 0 Å². The monoisotopic (exact) mass is 376 g/mol. The summed E-state index contributed by atoms with van der Waals surface area (Å²) in [4.78, 5) is 37.9. The fourth-order valence-electron chi connectivity index (χ4n) is 3.37. The normalized spacial score (nSPS) is 19.4. The van der Waals surface area contributed by atoms with Gasteiger partial charge in [-0.2, -0.15) is 0 Å². The van der Waals surface area contributed by atoms with Gasteiger partial charge in [0.25, 0.3) is 5.91 Å². The average molecular weight is 376 g/mol. The first kappa shape index (κ1) is 20.9. The third-order valence-electron chi connectivity index (χ3n) is 4.86. The fraction of sp³-hybridized carbons (Fsp3) is 0.550. The second kappa shape index (κ2) is 8.52. The van der Waals surface area contributed by atoms with Crippen molar-refractivity contribution in [2.45, 2.75) is 33.6 Å². The molecule has 1 saturated heterocycles. The summed E-state index contributed by atoms with van der Waals surface area (Å²) in [6, 6.07) is 5.11. The lowest BCUT2D eigenvalue weighted by Gasteiger charge is -2.24. The van der Waals surface area contributed by atoms with Gasteiger partial charge in [0.1, 0.15) is 5.41 Å². The molecular weight excluding hydrogens is 348 g/mol. The second-order valence-corrected chi connectivity index (χ2v) is 7.67. The molecule has 1 unspecified atom stereocenters. The topological polar surface area (TPSA) is 95.9 Å². The van der Waals surface area contributed by atoms with Crippen molar-refractivity contribution in [2.24, 2.45) is 11.3 Å². The van der Waals surface area contributed by atoms with Crippen molar-refractivity contribution in [1.29, 1.82) is 0 Å². The lowest BCUT2D eigenvalue weighted by atomic mass is 9.88. The molecule has 1 aromatic rings. The summed E-state index contributed by atoms with van der Waals surface area (Å²) in [6.45, 7) is 6.36. The van der Waals surface area contributed by atoms with Gasteiger partial charge in [0.15, 0.2) is 0 Å². The number of aryl methyl sites for hydroxylation is 1. The SMILES string of the molecule is COCC1(C(=O)O)CCN(C(=O)c2ccc(NC(=O)CC(C)C)c(C)c2)C1. The van der Waals surface area contributed by atoms with Crippen LogP contribution in [-0.4, -0.2) is 54.6 Å². The minimum atomic E-state index is -1.05. The highest BCUT2D eigenvalue weighted by Crippen LogP contribution is 2.32. The van der Waals surface area contributed by atoms with Crippen LogP contribution in [-0.2, 0) is 14.3 Å². The number of rotatable bonds is 7. The molecule has 7 heteroatoms. The zero-order chi connectivity index (χ0) is 20.2. The third kappa shape index (κ3) is 4.86. The summed E-state index contributed by atoms with van der Waals surface area (Å²) in [5.74, 6) is -0.947. The maximum atomic E-state index is 12.8. The molecule has 1 aromatic carbocycles. The number of anilines is 1. The molecule has 0 radical (unpaired) electrons. The van der Waals surface area contributed by atoms with Gasteiger partial charge in [-0.25, -0.2) is 0 Å². The van der Waals surface area contributed by atoms with E-state index in [0.717, 1.165) is 5.56 Å². The van der Waals surface area contributed by atoms with E-state index in [1.165, 1.54) is 7.11 Å². The van der Waals surface area contributed by atoms with E-state index in [1.54, 1.807) is 23.1 Å². The Bertz CT molecular complexity index is 731. The predicted molar refractivity (Wildman–Crippen MR) is 102 cm³/mol. The Hall–Kier alpha value is -2.41. The summed E-state index contributed by atoms with van der Waals surface area (Å²) in [6.07, 6.45) is 0.801. The Labute approximate surface area is 159 Å². The van der Waals surface area contributed by atoms with Gasteiger partial charge in [-0.15, -0.1) is 0 Å². The van der Waals surface area contributed by atoms with Crippen LogP contribution in [0.15, 0.2) is 18.2 Å². The first-order chi connectivity index (χ1) is 12.7. The number of hydrogen-bond acceptors (Lipinski definition) is 4. The molecule has 0 bridgehead atoms. The quantitative estimate of drug-likeness (QED) is 0.762. The van der Waals surface area contributed by atoms with Gasteiger partial charge >= 0.3 is 5.97 Å². The molecular formula is C20H28N2O5. The number of hydrogen-bond donors (Lipinski definition) is 2. The number of nitrogens with zero attached hydrogens (tertiary/aromatic N) is 1. The molecule has 0 aromatic heterocycles. The van der Waals surface area contributed by atoms with Crippen molar-refractivity contribution in [3.8, 4) is 0 Å². The van der Waals surface area contributed by atoms with E-state index in [4.69, 9.17) is 4.74 Å². The van der Waals surface area contributed by atoms with Gasteiger partial charge < -0.3 is 20.1 Å². The van der Waals surface area contributed by atoms with Gasteiger partial charge in [0, 0.05) is 37.9 Å². The standard InChI is InChI=1S/C20H28N2O5/c1-13(2)9-17(23)21-16-6-5-15(10-14(16)3)18(24)22-8-7-20(11-22,12-27-4)19(25)26/h5-6,10,13H,7-9,11-12H2,1-4H3,(H,21,23)(H,25,26). The number of benzene rings is 1. The molecule has 148 valence electrons. The molecule has 0 aliphatic carbocycles. The van der Waals surface area contributed by atoms with Gasteiger partial charge in [-0.05, 0) is 43.0 Å². The van der Waals surface area contributed by atoms with E-state index in [9.17, 15) is 19.5 Å². The lowest BCUT2D eigenvalue weighted by Crippen LogP contribution is -2.40. The summed E-state index contributed by atoms with van der Waals surface area (Å²) < 4.78 is 5.06. The van der Waals surface area contributed by atoms with E-state index < -0.39 is 11.4 Å². The molecule has 1 fully saturated rings. The highest BCUT2D eigenvalue weighted by Gasteiger charge is 2.46. The Balaban J connectivity index is 2.10. The number of aliphatic carboxylic acids is 1. The predicted octanol–water partition coefficient (Wildman–Crippen LogP) is 2.54. The van der Waals surface area contributed by atoms with E-state index in [-0.39, 0.29) is 30.9 Å². The van der Waals surface area contributed by atoms with Crippen LogP contribution in [0.3, 0.4) is 0 Å². The fourth-order valence-corrected chi connectivity index (χ4v) is 3.37. The van der Waals surface area contributed by atoms with Crippen LogP contribution in [0.4, 0.5) is 5.69 Å². The van der Waals surface area contributed by atoms with E-state index in [1.807, 2.05) is 20.8 Å². The third-order valence-corrected chi connectivity index (χ3v) is 4.86. The second-order valence-electron chi connectivity index (χ2n) is 7.67. The van der Waals surface area contributed by atoms with Gasteiger partial charge in [0.05, 0.1) is 6.61 Å². The van der Waals surface area contributed by atoms with Crippen LogP contribution in [0.25, 0.3) is 0 Å². The van der Waals surface area contributed by atoms with Crippen LogP contribution in [0.1, 0.15) is 42.6 Å². The number of methoxy groups -OCH3 is 1. The van der Waals surface area contributed by atoms with Gasteiger partial charge in [-0.3, -0.25) is 14.4 Å². The maximum Gasteiger partial charge on any atom is 0.313 e. The number of carboxylic acids is 1. The van der Waals surface area contributed by atoms with Crippen LogP contribution in [0, 0.1) is 18.3 Å². The summed E-state index contributed by atoms with van der Waals surface area (Å²) in [7, 11) is 1.46. The first-order valence-electron chi connectivity index (χ1n) is 9.10. The molecule has 1 atom stereocenters. The molecule has 0 spiro atoms. The molecule has 2 rings (SSSR count). The first-order valence-corrected chi connectivity index (χ1v) is 9.10. The molecule has 1 aliphatic rings. The molecule has 1 heterocycles. The number of nitrogens with one attached hydrogen (secondary N) is 1. The number of carbonyl (C=O) groups excluding carboxylic acids is 2. The van der Waals surface area contributed by atoms with Crippen molar-refractivity contribution in [3.05, 3.63) is 29.3 Å². The van der Waals surface area contributed by atoms with Crippen molar-refractivity contribution in [1.82, 2.24) is 4.90 Å².